The van der Waals surface area contributed by atoms with Crippen molar-refractivity contribution in [3.63, 3.8) is 0 Å². The third-order valence-electron chi connectivity index (χ3n) is 0.415. The molecule has 3 nitrogen and oxygen atoms in total. The van der Waals surface area contributed by atoms with Crippen molar-refractivity contribution in [2.75, 3.05) is 6.61 Å². The zero-order chi connectivity index (χ0) is 5.54. The Morgan fingerprint density at radius 3 is 3.00 bits per heavy atom. The Balaban J connectivity index is 2.72. The molecule has 3 heteroatoms. The molecular formula is C4H6N2O. The van der Waals surface area contributed by atoms with Gasteiger partial charge in [0.2, 0.25) is 0 Å². The Morgan fingerprint density at radius 2 is 2.57 bits per heavy atom. The molecule has 0 rings (SSSR count). The first-order valence-electron chi connectivity index (χ1n) is 1.89. The summed E-state index contributed by atoms with van der Waals surface area (Å²) in [5.41, 5.74) is 0. The first-order chi connectivity index (χ1) is 3.41. The third-order valence-corrected chi connectivity index (χ3v) is 0.415. The van der Waals surface area contributed by atoms with Crippen LogP contribution in [0.25, 0.3) is 0 Å². The molecule has 0 aromatic heterocycles. The predicted octanol–water partition coefficient (Wildman–Crippen LogP) is 0.524. The summed E-state index contributed by atoms with van der Waals surface area (Å²) in [7, 11) is 0. The lowest BCUT2D eigenvalue weighted by atomic mass is 10.5. The molecule has 1 N–H and O–H groups in total. The summed E-state index contributed by atoms with van der Waals surface area (Å²) in [6, 6.07) is 1.87. The molecule has 0 bridgehead atoms. The number of ether oxygens (including phenoxy) is 1. The van der Waals surface area contributed by atoms with Gasteiger partial charge in [-0.3, -0.25) is 5.41 Å². The highest BCUT2D eigenvalue weighted by Gasteiger charge is 1.75. The van der Waals surface area contributed by atoms with E-state index in [0.717, 1.165) is 6.40 Å². The van der Waals surface area contributed by atoms with Gasteiger partial charge in [-0.1, -0.05) is 0 Å². The number of hydrogen-bond acceptors (Lipinski definition) is 3. The van der Waals surface area contributed by atoms with Crippen molar-refractivity contribution in [3.05, 3.63) is 0 Å². The fourth-order valence-electron chi connectivity index (χ4n) is 0.163. The van der Waals surface area contributed by atoms with E-state index in [2.05, 4.69) is 4.74 Å². The summed E-state index contributed by atoms with van der Waals surface area (Å²) < 4.78 is 4.39. The van der Waals surface area contributed by atoms with Crippen LogP contribution >= 0.6 is 0 Å². The lowest BCUT2D eigenvalue weighted by Gasteiger charge is -1.87. The zero-order valence-electron chi connectivity index (χ0n) is 3.85. The van der Waals surface area contributed by atoms with Crippen molar-refractivity contribution in [2.45, 2.75) is 6.42 Å². The molecule has 0 aliphatic rings. The molecule has 0 spiro atoms. The number of rotatable bonds is 3. The molecule has 0 aromatic rings. The highest BCUT2D eigenvalue weighted by atomic mass is 16.5. The molecule has 0 atom stereocenters. The van der Waals surface area contributed by atoms with Crippen molar-refractivity contribution >= 4 is 6.40 Å². The Hall–Kier alpha value is -1.04. The maximum absolute atomic E-state index is 7.89. The van der Waals surface area contributed by atoms with Gasteiger partial charge >= 0.3 is 0 Å². The molecule has 0 aromatic carbocycles. The van der Waals surface area contributed by atoms with Crippen LogP contribution in [0.15, 0.2) is 0 Å². The molecule has 0 fully saturated rings. The Bertz CT molecular complexity index is 84.2. The van der Waals surface area contributed by atoms with Crippen LogP contribution in [0.3, 0.4) is 0 Å². The van der Waals surface area contributed by atoms with Crippen LogP contribution in [0.5, 0.6) is 0 Å². The number of nitrogens with one attached hydrogen (secondary N) is 1. The van der Waals surface area contributed by atoms with E-state index in [1.54, 1.807) is 0 Å². The van der Waals surface area contributed by atoms with Gasteiger partial charge in [0.1, 0.15) is 6.61 Å². The minimum atomic E-state index is 0.333. The normalized spacial score (nSPS) is 6.71. The lowest BCUT2D eigenvalue weighted by molar-refractivity contribution is 0.327. The molecule has 38 valence electrons. The van der Waals surface area contributed by atoms with Gasteiger partial charge in [-0.05, 0) is 0 Å². The summed E-state index contributed by atoms with van der Waals surface area (Å²) >= 11 is 0. The summed E-state index contributed by atoms with van der Waals surface area (Å²) in [5.74, 6) is 0. The van der Waals surface area contributed by atoms with Crippen LogP contribution in [-0.4, -0.2) is 13.0 Å². The smallest absolute Gasteiger partial charge is 0.166 e. The van der Waals surface area contributed by atoms with E-state index < -0.39 is 0 Å². The monoisotopic (exact) mass is 98.0 g/mol. The number of nitrogens with zero attached hydrogens (tertiary/aromatic N) is 1. The molecule has 0 aliphatic heterocycles. The van der Waals surface area contributed by atoms with Crippen LogP contribution in [0, 0.1) is 16.7 Å². The summed E-state index contributed by atoms with van der Waals surface area (Å²) in [6.45, 7) is 0.333. The van der Waals surface area contributed by atoms with Gasteiger partial charge < -0.3 is 4.74 Å². The fraction of sp³-hybridized carbons (Fsp3) is 0.500. The van der Waals surface area contributed by atoms with E-state index in [-0.39, 0.29) is 0 Å². The fourth-order valence-corrected chi connectivity index (χ4v) is 0.163. The maximum atomic E-state index is 7.89. The van der Waals surface area contributed by atoms with Crippen LogP contribution in [0.4, 0.5) is 0 Å². The summed E-state index contributed by atoms with van der Waals surface area (Å²) in [4.78, 5) is 0. The largest absolute Gasteiger partial charge is 0.483 e. The van der Waals surface area contributed by atoms with E-state index in [0.29, 0.717) is 13.0 Å². The highest BCUT2D eigenvalue weighted by Crippen LogP contribution is 1.72. The summed E-state index contributed by atoms with van der Waals surface area (Å²) in [5, 5.41) is 14.2. The van der Waals surface area contributed by atoms with Crippen LogP contribution in [0.1, 0.15) is 6.42 Å². The van der Waals surface area contributed by atoms with E-state index in [4.69, 9.17) is 10.7 Å². The molecule has 0 amide bonds. The minimum absolute atomic E-state index is 0.333. The standard InChI is InChI=1S/C4H6N2O/c5-2-1-3-7-4-6/h4,6H,1,3H2. The average molecular weight is 98.1 g/mol. The molecule has 0 saturated heterocycles. The van der Waals surface area contributed by atoms with Gasteiger partial charge in [0.25, 0.3) is 0 Å². The molecule has 0 saturated carbocycles. The van der Waals surface area contributed by atoms with E-state index in [1.807, 2.05) is 6.07 Å². The molecule has 0 aliphatic carbocycles. The molecule has 0 heterocycles. The van der Waals surface area contributed by atoms with Crippen LogP contribution in [-0.2, 0) is 4.74 Å². The first kappa shape index (κ1) is 5.96. The van der Waals surface area contributed by atoms with Crippen LogP contribution < -0.4 is 0 Å². The second-order valence-corrected chi connectivity index (χ2v) is 0.897. The van der Waals surface area contributed by atoms with Gasteiger partial charge in [-0.25, -0.2) is 0 Å². The van der Waals surface area contributed by atoms with Gasteiger partial charge in [-0.15, -0.1) is 0 Å². The second-order valence-electron chi connectivity index (χ2n) is 0.897. The SMILES string of the molecule is N#CCCOC=N. The van der Waals surface area contributed by atoms with E-state index in [1.165, 1.54) is 0 Å². The Kier molecular flexibility index (Phi) is 4.22. The van der Waals surface area contributed by atoms with Crippen molar-refractivity contribution in [1.29, 1.82) is 10.7 Å². The van der Waals surface area contributed by atoms with E-state index in [9.17, 15) is 0 Å². The van der Waals surface area contributed by atoms with Gasteiger partial charge in [0, 0.05) is 0 Å². The average Bonchev–Trinajstić information content (AvgIpc) is 1.69. The molecule has 7 heavy (non-hydrogen) atoms. The zero-order valence-corrected chi connectivity index (χ0v) is 3.85. The minimum Gasteiger partial charge on any atom is -0.483 e. The van der Waals surface area contributed by atoms with Gasteiger partial charge in [-0.2, -0.15) is 5.26 Å². The van der Waals surface area contributed by atoms with Crippen molar-refractivity contribution in [1.82, 2.24) is 0 Å². The molecule has 0 unspecified atom stereocenters. The number of nitriles is 1. The van der Waals surface area contributed by atoms with E-state index >= 15 is 0 Å². The predicted molar refractivity (Wildman–Crippen MR) is 25.0 cm³/mol. The molecular weight excluding hydrogens is 92.1 g/mol. The van der Waals surface area contributed by atoms with Crippen molar-refractivity contribution < 1.29 is 4.74 Å². The third kappa shape index (κ3) is 4.96. The van der Waals surface area contributed by atoms with Gasteiger partial charge in [0.05, 0.1) is 12.5 Å². The highest BCUT2D eigenvalue weighted by molar-refractivity contribution is 5.40. The Labute approximate surface area is 42.0 Å². The lowest BCUT2D eigenvalue weighted by Crippen LogP contribution is -1.86. The maximum Gasteiger partial charge on any atom is 0.166 e. The first-order valence-corrected chi connectivity index (χ1v) is 1.89. The number of hydrogen-bond donors (Lipinski definition) is 1. The Morgan fingerprint density at radius 1 is 1.86 bits per heavy atom. The second kappa shape index (κ2) is 4.96. The quantitative estimate of drug-likeness (QED) is 0.318. The van der Waals surface area contributed by atoms with Crippen molar-refractivity contribution in [3.8, 4) is 6.07 Å². The van der Waals surface area contributed by atoms with Crippen molar-refractivity contribution in [2.24, 2.45) is 0 Å². The van der Waals surface area contributed by atoms with Gasteiger partial charge in [0.15, 0.2) is 6.40 Å². The molecule has 0 radical (unpaired) electrons. The summed E-state index contributed by atoms with van der Waals surface area (Å²) in [6.07, 6.45) is 1.19. The van der Waals surface area contributed by atoms with Crippen LogP contribution in [0.2, 0.25) is 0 Å². The topological polar surface area (TPSA) is 56.9 Å².